The third-order valence-electron chi connectivity index (χ3n) is 7.60. The number of aromatic nitrogens is 1. The Morgan fingerprint density at radius 1 is 0.882 bits per heavy atom. The second-order valence-electron chi connectivity index (χ2n) is 11.4. The van der Waals surface area contributed by atoms with Crippen LogP contribution >= 0.6 is 22.7 Å². The Balaban J connectivity index is 1.23. The molecule has 0 N–H and O–H groups in total. The fourth-order valence-corrected chi connectivity index (χ4v) is 6.65. The number of aryl methyl sites for hydroxylation is 1. The van der Waals surface area contributed by atoms with Gasteiger partial charge < -0.3 is 19.1 Å². The molecule has 0 aliphatic heterocycles. The number of azo groups is 2. The molecule has 0 bridgehead atoms. The van der Waals surface area contributed by atoms with Crippen molar-refractivity contribution >= 4 is 77.3 Å². The minimum Gasteiger partial charge on any atom is -0.463 e. The molecule has 268 valence electrons. The molecule has 0 aliphatic rings. The topological polar surface area (TPSA) is 144 Å². The number of nitrogens with zero attached hydrogens (tertiary/aromatic N) is 6. The highest BCUT2D eigenvalue weighted by atomic mass is 32.1. The Kier molecular flexibility index (Phi) is 15.1. The average molecular weight is 731 g/mol. The predicted molar refractivity (Wildman–Crippen MR) is 201 cm³/mol. The molecular formula is C37H42N6O6S2. The number of hydrogen-bond acceptors (Lipinski definition) is 14. The lowest BCUT2D eigenvalue weighted by Crippen LogP contribution is -2.26. The maximum atomic E-state index is 11.9. The van der Waals surface area contributed by atoms with Crippen LogP contribution in [0.2, 0.25) is 0 Å². The molecule has 0 fully saturated rings. The minimum atomic E-state index is -0.995. The Hall–Kier alpha value is -5.08. The van der Waals surface area contributed by atoms with Crippen molar-refractivity contribution in [2.45, 2.75) is 59.0 Å². The fourth-order valence-electron chi connectivity index (χ4n) is 4.80. The van der Waals surface area contributed by atoms with Crippen LogP contribution < -0.4 is 4.90 Å². The first-order chi connectivity index (χ1) is 24.7. The number of ether oxygens (including phenoxy) is 3. The predicted octanol–water partition coefficient (Wildman–Crippen LogP) is 9.82. The van der Waals surface area contributed by atoms with Crippen molar-refractivity contribution in [3.63, 3.8) is 0 Å². The lowest BCUT2D eigenvalue weighted by molar-refractivity contribution is -0.163. The van der Waals surface area contributed by atoms with E-state index in [1.54, 1.807) is 0 Å². The number of rotatable bonds is 20. The molecule has 4 rings (SSSR count). The summed E-state index contributed by atoms with van der Waals surface area (Å²) in [4.78, 5) is 42.1. The van der Waals surface area contributed by atoms with E-state index in [-0.39, 0.29) is 12.6 Å². The smallest absolute Gasteiger partial charge is 0.347 e. The Morgan fingerprint density at radius 2 is 1.65 bits per heavy atom. The normalized spacial score (nSPS) is 11.9. The zero-order chi connectivity index (χ0) is 36.6. The third kappa shape index (κ3) is 12.3. The van der Waals surface area contributed by atoms with E-state index in [2.05, 4.69) is 62.6 Å². The highest BCUT2D eigenvalue weighted by molar-refractivity contribution is 7.30. The van der Waals surface area contributed by atoms with E-state index in [9.17, 15) is 14.4 Å². The van der Waals surface area contributed by atoms with Crippen molar-refractivity contribution < 1.29 is 28.6 Å². The molecule has 12 nitrogen and oxygen atoms in total. The van der Waals surface area contributed by atoms with Crippen molar-refractivity contribution in [2.24, 2.45) is 20.5 Å². The number of esters is 3. The zero-order valence-electron chi connectivity index (χ0n) is 29.1. The molecular weight excluding hydrogens is 689 g/mol. The van der Waals surface area contributed by atoms with Crippen molar-refractivity contribution in [1.82, 2.24) is 4.98 Å². The van der Waals surface area contributed by atoms with Gasteiger partial charge >= 0.3 is 17.9 Å². The maximum absolute atomic E-state index is 11.9. The number of thiophene rings is 1. The summed E-state index contributed by atoms with van der Waals surface area (Å²) in [6.07, 6.45) is 5.69. The highest BCUT2D eigenvalue weighted by Gasteiger charge is 2.18. The number of anilines is 1. The lowest BCUT2D eigenvalue weighted by atomic mass is 10.1. The summed E-state index contributed by atoms with van der Waals surface area (Å²) in [6, 6.07) is 15.6. The minimum absolute atomic E-state index is 0.155. The first-order valence-corrected chi connectivity index (χ1v) is 18.3. The van der Waals surface area contributed by atoms with E-state index in [1.165, 1.54) is 35.7 Å². The average Bonchev–Trinajstić information content (AvgIpc) is 3.70. The number of thiazole rings is 1. The van der Waals surface area contributed by atoms with E-state index in [1.807, 2.05) is 43.3 Å². The van der Waals surface area contributed by atoms with Crippen LogP contribution in [0.4, 0.5) is 27.2 Å². The molecule has 0 spiro atoms. The monoisotopic (exact) mass is 730 g/mol. The summed E-state index contributed by atoms with van der Waals surface area (Å²) in [6.45, 7) is 14.8. The Morgan fingerprint density at radius 3 is 2.35 bits per heavy atom. The second-order valence-corrected chi connectivity index (χ2v) is 13.4. The summed E-state index contributed by atoms with van der Waals surface area (Å²) < 4.78 is 16.0. The van der Waals surface area contributed by atoms with Crippen LogP contribution in [0.15, 0.2) is 94.3 Å². The first kappa shape index (κ1) is 38.7. The van der Waals surface area contributed by atoms with Crippen molar-refractivity contribution in [2.75, 3.05) is 31.2 Å². The van der Waals surface area contributed by atoms with E-state index in [4.69, 9.17) is 14.2 Å². The first-order valence-electron chi connectivity index (χ1n) is 16.7. The Bertz CT molecular complexity index is 1840. The van der Waals surface area contributed by atoms with Gasteiger partial charge in [-0.1, -0.05) is 54.4 Å². The quantitative estimate of drug-likeness (QED) is 0.0287. The van der Waals surface area contributed by atoms with E-state index in [0.717, 1.165) is 81.9 Å². The van der Waals surface area contributed by atoms with Crippen LogP contribution in [0, 0.1) is 6.92 Å². The number of carbonyl (C=O) groups is 3. The molecule has 4 aromatic rings. The summed E-state index contributed by atoms with van der Waals surface area (Å²) in [5.41, 5.74) is 4.63. The maximum Gasteiger partial charge on any atom is 0.347 e. The Labute approximate surface area is 305 Å². The standard InChI is InChI=1S/C37H42N6O6S2/c1-6-33(44)47-21-12-10-9-11-20-43(8-3)29-17-18-30(25(4)23-29)40-42-37-38-35-31(50-37)24-32(51-35)41-39-28-15-13-27(14-16-28)19-22-48-36(46)26(5)49-34(45)7-2/h6-7,13-18,23-24,26H,1-2,8-12,19-22H2,3-5H3. The summed E-state index contributed by atoms with van der Waals surface area (Å²) >= 11 is 2.88. The molecule has 0 aliphatic carbocycles. The van der Waals surface area contributed by atoms with Crippen LogP contribution in [0.5, 0.6) is 0 Å². The second kappa shape index (κ2) is 19.9. The summed E-state index contributed by atoms with van der Waals surface area (Å²) in [7, 11) is 0. The molecule has 0 saturated carbocycles. The van der Waals surface area contributed by atoms with Gasteiger partial charge in [0.15, 0.2) is 6.10 Å². The number of unbranched alkanes of at least 4 members (excludes halogenated alkanes) is 3. The molecule has 14 heteroatoms. The van der Waals surface area contributed by atoms with Gasteiger partial charge in [-0.25, -0.2) is 19.4 Å². The summed E-state index contributed by atoms with van der Waals surface area (Å²) in [5, 5.41) is 18.9. The molecule has 0 amide bonds. The third-order valence-corrected chi connectivity index (χ3v) is 9.52. The number of hydrogen-bond donors (Lipinski definition) is 0. The number of carbonyl (C=O) groups excluding carboxylic acids is 3. The molecule has 1 atom stereocenters. The molecule has 2 aromatic carbocycles. The van der Waals surface area contributed by atoms with Crippen LogP contribution in [-0.2, 0) is 35.0 Å². The number of benzene rings is 2. The van der Waals surface area contributed by atoms with Crippen molar-refractivity contribution in [1.29, 1.82) is 0 Å². The molecule has 0 radical (unpaired) electrons. The molecule has 2 heterocycles. The largest absolute Gasteiger partial charge is 0.463 e. The number of fused-ring (bicyclic) bond motifs is 1. The van der Waals surface area contributed by atoms with E-state index in [0.29, 0.717) is 23.8 Å². The van der Waals surface area contributed by atoms with Crippen LogP contribution in [-0.4, -0.2) is 55.3 Å². The van der Waals surface area contributed by atoms with Crippen LogP contribution in [0.25, 0.3) is 9.53 Å². The van der Waals surface area contributed by atoms with Gasteiger partial charge in [-0.15, -0.1) is 20.5 Å². The van der Waals surface area contributed by atoms with Gasteiger partial charge in [-0.05, 0) is 87.6 Å². The van der Waals surface area contributed by atoms with Crippen LogP contribution in [0.3, 0.4) is 0 Å². The molecule has 1 unspecified atom stereocenters. The van der Waals surface area contributed by atoms with Gasteiger partial charge in [-0.3, -0.25) is 0 Å². The van der Waals surface area contributed by atoms with Crippen LogP contribution in [0.1, 0.15) is 50.7 Å². The molecule has 51 heavy (non-hydrogen) atoms. The molecule has 0 saturated heterocycles. The van der Waals surface area contributed by atoms with Gasteiger partial charge in [-0.2, -0.15) is 0 Å². The lowest BCUT2D eigenvalue weighted by Gasteiger charge is -2.23. The molecule has 2 aromatic heterocycles. The van der Waals surface area contributed by atoms with E-state index < -0.39 is 18.0 Å². The van der Waals surface area contributed by atoms with Crippen molar-refractivity contribution in [3.05, 3.63) is 85.0 Å². The van der Waals surface area contributed by atoms with Gasteiger partial charge in [0.1, 0.15) is 9.83 Å². The van der Waals surface area contributed by atoms with Gasteiger partial charge in [0.25, 0.3) is 0 Å². The van der Waals surface area contributed by atoms with Gasteiger partial charge in [0.05, 0.1) is 29.3 Å². The van der Waals surface area contributed by atoms with Crippen molar-refractivity contribution in [3.8, 4) is 0 Å². The van der Waals surface area contributed by atoms with Gasteiger partial charge in [0.2, 0.25) is 5.13 Å². The summed E-state index contributed by atoms with van der Waals surface area (Å²) in [5.74, 6) is -1.66. The van der Waals surface area contributed by atoms with E-state index >= 15 is 0 Å². The zero-order valence-corrected chi connectivity index (χ0v) is 30.7. The van der Waals surface area contributed by atoms with Gasteiger partial charge in [0, 0.05) is 37.3 Å². The SMILES string of the molecule is C=CC(=O)OCCCCCCN(CC)c1ccc(N=Nc2nc3sc(N=Nc4ccc(CCOC(=O)C(C)OC(=O)C=C)cc4)cc3s2)c(C)c1. The fraction of sp³-hybridized carbons (Fsp3) is 0.351. The highest BCUT2D eigenvalue weighted by Crippen LogP contribution is 2.39.